The summed E-state index contributed by atoms with van der Waals surface area (Å²) >= 11 is 0. The van der Waals surface area contributed by atoms with Crippen LogP contribution >= 0.6 is 0 Å². The molecule has 0 rings (SSSR count). The number of hydrogen-bond acceptors (Lipinski definition) is 5. The number of unbranched alkanes of at least 4 members (excludes halogenated alkanes) is 45. The van der Waals surface area contributed by atoms with Crippen molar-refractivity contribution in [3.8, 4) is 0 Å². The molecule has 0 fully saturated rings. The van der Waals surface area contributed by atoms with Crippen LogP contribution in [0.25, 0.3) is 0 Å². The van der Waals surface area contributed by atoms with Gasteiger partial charge in [0.2, 0.25) is 5.91 Å². The van der Waals surface area contributed by atoms with Crippen LogP contribution < -0.4 is 5.32 Å². The average molecular weight is 921 g/mol. The molecule has 0 saturated heterocycles. The first-order chi connectivity index (χ1) is 32.0. The number of carbonyl (C=O) groups is 2. The van der Waals surface area contributed by atoms with Gasteiger partial charge in [-0.1, -0.05) is 303 Å². The molecule has 3 N–H and O–H groups in total. The number of rotatable bonds is 56. The molecule has 0 bridgehead atoms. The summed E-state index contributed by atoms with van der Waals surface area (Å²) in [7, 11) is 0. The Morgan fingerprint density at radius 2 is 0.631 bits per heavy atom. The van der Waals surface area contributed by atoms with Crippen LogP contribution in [-0.4, -0.2) is 47.4 Å². The van der Waals surface area contributed by atoms with Crippen LogP contribution in [0.2, 0.25) is 0 Å². The summed E-state index contributed by atoms with van der Waals surface area (Å²) in [5.74, 6) is -0.0153. The van der Waals surface area contributed by atoms with Gasteiger partial charge in [0, 0.05) is 12.8 Å². The maximum atomic E-state index is 12.4. The SMILES string of the molecule is CCCCCCCCCCCCCCCC(=O)OCCCCCCCCCCCCCCCCCCCCCCCCCCC(=O)NC(CO)C(O)CCCCCCCCCCCCC. The number of hydrogen-bond donors (Lipinski definition) is 3. The normalized spacial score (nSPS) is 12.5. The molecule has 0 heterocycles. The van der Waals surface area contributed by atoms with Crippen LogP contribution in [0.15, 0.2) is 0 Å². The molecule has 0 aromatic heterocycles. The Bertz CT molecular complexity index is 928. The Morgan fingerprint density at radius 3 is 0.938 bits per heavy atom. The van der Waals surface area contributed by atoms with Crippen molar-refractivity contribution in [1.29, 1.82) is 0 Å². The van der Waals surface area contributed by atoms with Crippen LogP contribution in [-0.2, 0) is 14.3 Å². The predicted molar refractivity (Wildman–Crippen MR) is 283 cm³/mol. The zero-order chi connectivity index (χ0) is 47.2. The molecule has 0 spiro atoms. The fourth-order valence-electron chi connectivity index (χ4n) is 9.58. The minimum Gasteiger partial charge on any atom is -0.466 e. The van der Waals surface area contributed by atoms with Gasteiger partial charge in [0.15, 0.2) is 0 Å². The Balaban J connectivity index is 3.33. The third-order valence-corrected chi connectivity index (χ3v) is 14.2. The summed E-state index contributed by atoms with van der Waals surface area (Å²) < 4.78 is 5.48. The smallest absolute Gasteiger partial charge is 0.305 e. The first-order valence-corrected chi connectivity index (χ1v) is 29.8. The molecule has 2 atom stereocenters. The highest BCUT2D eigenvalue weighted by Crippen LogP contribution is 2.18. The number of aliphatic hydroxyl groups excluding tert-OH is 2. The third kappa shape index (κ3) is 52.1. The standard InChI is InChI=1S/C59H117NO5/c1-3-5-7-9-11-13-15-28-33-37-41-45-49-53-59(64)65-54-50-46-42-38-34-30-27-25-23-21-19-17-16-18-20-22-24-26-29-32-36-40-44-48-52-58(63)60-56(55-61)57(62)51-47-43-39-35-31-14-12-10-8-6-4-2/h56-57,61-62H,3-55H2,1-2H3,(H,60,63). The van der Waals surface area contributed by atoms with Gasteiger partial charge < -0.3 is 20.3 Å². The number of amides is 1. The summed E-state index contributed by atoms with van der Waals surface area (Å²) in [5.41, 5.74) is 0. The van der Waals surface area contributed by atoms with Gasteiger partial charge in [-0.3, -0.25) is 9.59 Å². The van der Waals surface area contributed by atoms with Gasteiger partial charge in [0.05, 0.1) is 25.4 Å². The average Bonchev–Trinajstić information content (AvgIpc) is 3.31. The third-order valence-electron chi connectivity index (χ3n) is 14.2. The van der Waals surface area contributed by atoms with E-state index >= 15 is 0 Å². The Morgan fingerprint density at radius 1 is 0.369 bits per heavy atom. The number of esters is 1. The first kappa shape index (κ1) is 63.9. The van der Waals surface area contributed by atoms with E-state index in [0.29, 0.717) is 25.9 Å². The molecule has 65 heavy (non-hydrogen) atoms. The van der Waals surface area contributed by atoms with Crippen molar-refractivity contribution in [3.05, 3.63) is 0 Å². The molecule has 0 aliphatic heterocycles. The lowest BCUT2D eigenvalue weighted by Crippen LogP contribution is -2.45. The maximum Gasteiger partial charge on any atom is 0.305 e. The molecule has 388 valence electrons. The topological polar surface area (TPSA) is 95.9 Å². The zero-order valence-corrected chi connectivity index (χ0v) is 44.3. The van der Waals surface area contributed by atoms with Crippen LogP contribution in [0.4, 0.5) is 0 Å². The van der Waals surface area contributed by atoms with Gasteiger partial charge in [-0.2, -0.15) is 0 Å². The van der Waals surface area contributed by atoms with E-state index in [1.54, 1.807) is 0 Å². The minimum absolute atomic E-state index is 0.0177. The van der Waals surface area contributed by atoms with Crippen molar-refractivity contribution >= 4 is 11.9 Å². The summed E-state index contributed by atoms with van der Waals surface area (Å²) in [6.45, 7) is 4.97. The number of aliphatic hydroxyl groups is 2. The molecule has 0 aliphatic carbocycles. The Kier molecular flexibility index (Phi) is 54.5. The Labute approximate surface area is 406 Å². The minimum atomic E-state index is -0.660. The lowest BCUT2D eigenvalue weighted by atomic mass is 10.0. The van der Waals surface area contributed by atoms with Crippen molar-refractivity contribution in [2.75, 3.05) is 13.2 Å². The fraction of sp³-hybridized carbons (Fsp3) is 0.966. The van der Waals surface area contributed by atoms with Crippen molar-refractivity contribution in [3.63, 3.8) is 0 Å². The van der Waals surface area contributed by atoms with E-state index in [2.05, 4.69) is 19.2 Å². The molecule has 2 unspecified atom stereocenters. The maximum absolute atomic E-state index is 12.4. The van der Waals surface area contributed by atoms with Crippen molar-refractivity contribution in [2.24, 2.45) is 0 Å². The van der Waals surface area contributed by atoms with E-state index in [1.807, 2.05) is 0 Å². The summed E-state index contributed by atoms with van der Waals surface area (Å²) in [5, 5.41) is 23.2. The summed E-state index contributed by atoms with van der Waals surface area (Å²) in [6, 6.07) is -0.537. The predicted octanol–water partition coefficient (Wildman–Crippen LogP) is 18.3. The van der Waals surface area contributed by atoms with Crippen molar-refractivity contribution < 1.29 is 24.5 Å². The highest BCUT2D eigenvalue weighted by molar-refractivity contribution is 5.76. The van der Waals surface area contributed by atoms with E-state index in [4.69, 9.17) is 4.74 Å². The molecule has 0 radical (unpaired) electrons. The highest BCUT2D eigenvalue weighted by atomic mass is 16.5. The van der Waals surface area contributed by atoms with E-state index < -0.39 is 12.1 Å². The second-order valence-electron chi connectivity index (χ2n) is 20.7. The molecule has 0 saturated carbocycles. The van der Waals surface area contributed by atoms with Gasteiger partial charge in [-0.25, -0.2) is 0 Å². The lowest BCUT2D eigenvalue weighted by molar-refractivity contribution is -0.143. The molecule has 0 aromatic carbocycles. The summed E-state index contributed by atoms with van der Waals surface area (Å²) in [4.78, 5) is 24.5. The van der Waals surface area contributed by atoms with Gasteiger partial charge in [0.25, 0.3) is 0 Å². The monoisotopic (exact) mass is 920 g/mol. The van der Waals surface area contributed by atoms with Crippen LogP contribution in [0.5, 0.6) is 0 Å². The number of carbonyl (C=O) groups excluding carboxylic acids is 2. The molecular formula is C59H117NO5. The second-order valence-corrected chi connectivity index (χ2v) is 20.7. The van der Waals surface area contributed by atoms with E-state index in [0.717, 1.165) is 38.5 Å². The zero-order valence-electron chi connectivity index (χ0n) is 44.3. The largest absolute Gasteiger partial charge is 0.466 e. The van der Waals surface area contributed by atoms with Crippen LogP contribution in [0.1, 0.15) is 341 Å². The van der Waals surface area contributed by atoms with Gasteiger partial charge >= 0.3 is 5.97 Å². The number of nitrogens with one attached hydrogen (secondary N) is 1. The van der Waals surface area contributed by atoms with Gasteiger partial charge in [0.1, 0.15) is 0 Å². The molecular weight excluding hydrogens is 803 g/mol. The van der Waals surface area contributed by atoms with Gasteiger partial charge in [-0.05, 0) is 25.7 Å². The van der Waals surface area contributed by atoms with Crippen molar-refractivity contribution in [2.45, 2.75) is 353 Å². The number of ether oxygens (including phenoxy) is 1. The lowest BCUT2D eigenvalue weighted by Gasteiger charge is -2.22. The molecule has 0 aromatic rings. The van der Waals surface area contributed by atoms with E-state index in [1.165, 1.54) is 270 Å². The quantitative estimate of drug-likeness (QED) is 0.0417. The van der Waals surface area contributed by atoms with E-state index in [9.17, 15) is 19.8 Å². The molecule has 6 nitrogen and oxygen atoms in total. The van der Waals surface area contributed by atoms with Crippen molar-refractivity contribution in [1.82, 2.24) is 5.32 Å². The highest BCUT2D eigenvalue weighted by Gasteiger charge is 2.20. The van der Waals surface area contributed by atoms with Crippen LogP contribution in [0.3, 0.4) is 0 Å². The van der Waals surface area contributed by atoms with E-state index in [-0.39, 0.29) is 18.5 Å². The fourth-order valence-corrected chi connectivity index (χ4v) is 9.58. The molecule has 6 heteroatoms. The van der Waals surface area contributed by atoms with Crippen LogP contribution in [0, 0.1) is 0 Å². The molecule has 1 amide bonds. The van der Waals surface area contributed by atoms with Gasteiger partial charge in [-0.15, -0.1) is 0 Å². The summed E-state index contributed by atoms with van der Waals surface area (Å²) in [6.07, 6.45) is 64.0. The first-order valence-electron chi connectivity index (χ1n) is 29.8. The Hall–Kier alpha value is -1.14. The second kappa shape index (κ2) is 55.5. The molecule has 0 aliphatic rings.